The highest BCUT2D eigenvalue weighted by molar-refractivity contribution is 7.89. The van der Waals surface area contributed by atoms with E-state index >= 15 is 0 Å². The Balaban J connectivity index is 1.90. The molecule has 0 spiro atoms. The minimum Gasteiger partial charge on any atom is -0.492 e. The van der Waals surface area contributed by atoms with Crippen molar-refractivity contribution >= 4 is 15.7 Å². The molecule has 0 atom stereocenters. The predicted molar refractivity (Wildman–Crippen MR) is 87.6 cm³/mol. The molecule has 0 amide bonds. The van der Waals surface area contributed by atoms with Crippen LogP contribution in [-0.2, 0) is 10.0 Å². The van der Waals surface area contributed by atoms with Gasteiger partial charge in [-0.05, 0) is 43.3 Å². The first-order chi connectivity index (χ1) is 10.5. The Kier molecular flexibility index (Phi) is 5.41. The third-order valence-corrected chi connectivity index (χ3v) is 4.21. The van der Waals surface area contributed by atoms with Crippen LogP contribution in [0.3, 0.4) is 0 Å². The van der Waals surface area contributed by atoms with E-state index in [2.05, 4.69) is 24.0 Å². The van der Waals surface area contributed by atoms with E-state index in [1.165, 1.54) is 12.1 Å². The summed E-state index contributed by atoms with van der Waals surface area (Å²) in [4.78, 5) is 2.29. The molecular formula is C16H20N2O3S. The molecule has 0 heterocycles. The van der Waals surface area contributed by atoms with E-state index in [0.29, 0.717) is 12.4 Å². The van der Waals surface area contributed by atoms with Gasteiger partial charge in [0.1, 0.15) is 12.4 Å². The van der Waals surface area contributed by atoms with Crippen molar-refractivity contribution in [3.8, 4) is 5.75 Å². The highest BCUT2D eigenvalue weighted by atomic mass is 32.2. The quantitative estimate of drug-likeness (QED) is 0.849. The Bertz CT molecular complexity index is 685. The zero-order valence-electron chi connectivity index (χ0n) is 12.5. The maximum atomic E-state index is 11.2. The van der Waals surface area contributed by atoms with Crippen LogP contribution in [0.15, 0.2) is 59.5 Å². The zero-order valence-corrected chi connectivity index (χ0v) is 13.3. The average molecular weight is 320 g/mol. The van der Waals surface area contributed by atoms with Crippen LogP contribution in [0.1, 0.15) is 6.92 Å². The number of sulfonamides is 1. The second-order valence-corrected chi connectivity index (χ2v) is 6.34. The molecule has 2 rings (SSSR count). The smallest absolute Gasteiger partial charge is 0.238 e. The molecule has 0 aliphatic carbocycles. The van der Waals surface area contributed by atoms with E-state index in [-0.39, 0.29) is 4.90 Å². The Morgan fingerprint density at radius 2 is 1.68 bits per heavy atom. The summed E-state index contributed by atoms with van der Waals surface area (Å²) in [7, 11) is -3.66. The van der Waals surface area contributed by atoms with E-state index in [1.807, 2.05) is 18.2 Å². The molecule has 0 fully saturated rings. The molecule has 0 aliphatic heterocycles. The molecule has 0 aliphatic rings. The first kappa shape index (κ1) is 16.3. The van der Waals surface area contributed by atoms with Gasteiger partial charge in [-0.1, -0.05) is 18.2 Å². The number of anilines is 1. The SMILES string of the molecule is CCN(CCOc1ccc(S(N)(=O)=O)cc1)c1ccccc1. The van der Waals surface area contributed by atoms with Crippen molar-refractivity contribution in [2.75, 3.05) is 24.6 Å². The van der Waals surface area contributed by atoms with Crippen LogP contribution in [0, 0.1) is 0 Å². The Labute approximate surface area is 131 Å². The minimum atomic E-state index is -3.66. The van der Waals surface area contributed by atoms with E-state index in [9.17, 15) is 8.42 Å². The van der Waals surface area contributed by atoms with Crippen molar-refractivity contribution in [2.24, 2.45) is 5.14 Å². The summed E-state index contributed by atoms with van der Waals surface area (Å²) < 4.78 is 28.0. The van der Waals surface area contributed by atoms with Gasteiger partial charge in [-0.3, -0.25) is 0 Å². The molecule has 22 heavy (non-hydrogen) atoms. The largest absolute Gasteiger partial charge is 0.492 e. The van der Waals surface area contributed by atoms with Crippen molar-refractivity contribution in [2.45, 2.75) is 11.8 Å². The number of hydrogen-bond acceptors (Lipinski definition) is 4. The molecule has 118 valence electrons. The monoisotopic (exact) mass is 320 g/mol. The normalized spacial score (nSPS) is 11.2. The number of ether oxygens (including phenoxy) is 1. The van der Waals surface area contributed by atoms with Crippen molar-refractivity contribution in [3.05, 3.63) is 54.6 Å². The summed E-state index contributed by atoms with van der Waals surface area (Å²) in [6.45, 7) is 4.24. The molecule has 2 aromatic carbocycles. The highest BCUT2D eigenvalue weighted by Crippen LogP contribution is 2.16. The van der Waals surface area contributed by atoms with Gasteiger partial charge in [0, 0.05) is 12.2 Å². The summed E-state index contributed by atoms with van der Waals surface area (Å²) in [5, 5.41) is 5.05. The number of nitrogens with two attached hydrogens (primary N) is 1. The topological polar surface area (TPSA) is 72.6 Å². The molecule has 0 saturated carbocycles. The first-order valence-electron chi connectivity index (χ1n) is 7.06. The fourth-order valence-corrected chi connectivity index (χ4v) is 2.62. The van der Waals surface area contributed by atoms with Crippen LogP contribution in [0.2, 0.25) is 0 Å². The summed E-state index contributed by atoms with van der Waals surface area (Å²) in [5.41, 5.74) is 1.15. The fourth-order valence-electron chi connectivity index (χ4n) is 2.11. The predicted octanol–water partition coefficient (Wildman–Crippen LogP) is 2.24. The van der Waals surface area contributed by atoms with Crippen molar-refractivity contribution < 1.29 is 13.2 Å². The molecule has 0 saturated heterocycles. The third kappa shape index (κ3) is 4.47. The van der Waals surface area contributed by atoms with Gasteiger partial charge in [0.15, 0.2) is 0 Å². The Hall–Kier alpha value is -2.05. The number of rotatable bonds is 7. The molecule has 0 bridgehead atoms. The maximum absolute atomic E-state index is 11.2. The van der Waals surface area contributed by atoms with Crippen molar-refractivity contribution in [1.29, 1.82) is 0 Å². The van der Waals surface area contributed by atoms with Crippen LogP contribution in [0.4, 0.5) is 5.69 Å². The number of para-hydroxylation sites is 1. The number of nitrogens with zero attached hydrogens (tertiary/aromatic N) is 1. The second kappa shape index (κ2) is 7.29. The van der Waals surface area contributed by atoms with Crippen LogP contribution in [0.25, 0.3) is 0 Å². The van der Waals surface area contributed by atoms with Gasteiger partial charge in [0.25, 0.3) is 0 Å². The van der Waals surface area contributed by atoms with Gasteiger partial charge < -0.3 is 9.64 Å². The van der Waals surface area contributed by atoms with Gasteiger partial charge >= 0.3 is 0 Å². The number of primary sulfonamides is 1. The maximum Gasteiger partial charge on any atom is 0.238 e. The zero-order chi connectivity index (χ0) is 16.0. The van der Waals surface area contributed by atoms with Gasteiger partial charge in [-0.15, -0.1) is 0 Å². The van der Waals surface area contributed by atoms with Gasteiger partial charge in [0.05, 0.1) is 11.4 Å². The van der Waals surface area contributed by atoms with Gasteiger partial charge in [0.2, 0.25) is 10.0 Å². The molecule has 0 unspecified atom stereocenters. The molecule has 5 nitrogen and oxygen atoms in total. The lowest BCUT2D eigenvalue weighted by Gasteiger charge is -2.23. The molecule has 6 heteroatoms. The van der Waals surface area contributed by atoms with Crippen LogP contribution >= 0.6 is 0 Å². The van der Waals surface area contributed by atoms with Gasteiger partial charge in [-0.2, -0.15) is 0 Å². The average Bonchev–Trinajstić information content (AvgIpc) is 2.52. The summed E-state index contributed by atoms with van der Waals surface area (Å²) in [6, 6.07) is 16.2. The lowest BCUT2D eigenvalue weighted by atomic mass is 10.3. The number of hydrogen-bond donors (Lipinski definition) is 1. The van der Waals surface area contributed by atoms with E-state index < -0.39 is 10.0 Å². The summed E-state index contributed by atoms with van der Waals surface area (Å²) in [6.07, 6.45) is 0. The van der Waals surface area contributed by atoms with Crippen LogP contribution < -0.4 is 14.8 Å². The van der Waals surface area contributed by atoms with Crippen molar-refractivity contribution in [3.63, 3.8) is 0 Å². The number of likely N-dealkylation sites (N-methyl/N-ethyl adjacent to an activating group) is 1. The lowest BCUT2D eigenvalue weighted by Crippen LogP contribution is -2.27. The van der Waals surface area contributed by atoms with Crippen molar-refractivity contribution in [1.82, 2.24) is 0 Å². The molecule has 2 N–H and O–H groups in total. The Morgan fingerprint density at radius 3 is 2.23 bits per heavy atom. The number of benzene rings is 2. The molecular weight excluding hydrogens is 300 g/mol. The van der Waals surface area contributed by atoms with E-state index in [0.717, 1.165) is 18.8 Å². The van der Waals surface area contributed by atoms with Crippen LogP contribution in [-0.4, -0.2) is 28.1 Å². The van der Waals surface area contributed by atoms with E-state index in [1.54, 1.807) is 12.1 Å². The fraction of sp³-hybridized carbons (Fsp3) is 0.250. The lowest BCUT2D eigenvalue weighted by molar-refractivity contribution is 0.324. The second-order valence-electron chi connectivity index (χ2n) is 4.78. The first-order valence-corrected chi connectivity index (χ1v) is 8.61. The standard InChI is InChI=1S/C16H20N2O3S/c1-2-18(14-6-4-3-5-7-14)12-13-21-15-8-10-16(11-9-15)22(17,19)20/h3-11H,2,12-13H2,1H3,(H2,17,19,20). The Morgan fingerprint density at radius 1 is 1.05 bits per heavy atom. The van der Waals surface area contributed by atoms with Gasteiger partial charge in [-0.25, -0.2) is 13.6 Å². The highest BCUT2D eigenvalue weighted by Gasteiger charge is 2.07. The molecule has 0 aromatic heterocycles. The molecule has 2 aromatic rings. The van der Waals surface area contributed by atoms with Crippen LogP contribution in [0.5, 0.6) is 5.75 Å². The summed E-state index contributed by atoms with van der Waals surface area (Å²) in [5.74, 6) is 0.622. The molecule has 0 radical (unpaired) electrons. The minimum absolute atomic E-state index is 0.0827. The van der Waals surface area contributed by atoms with E-state index in [4.69, 9.17) is 9.88 Å². The third-order valence-electron chi connectivity index (χ3n) is 3.29. The summed E-state index contributed by atoms with van der Waals surface area (Å²) >= 11 is 0.